The van der Waals surface area contributed by atoms with Gasteiger partial charge in [-0.3, -0.25) is 0 Å². The molecule has 8 aromatic rings. The molecule has 8 aromatic carbocycles. The molecule has 63 heavy (non-hydrogen) atoms. The molecule has 0 atom stereocenters. The SMILES string of the molecule is CCC1(CC)c2cc(/C=C/c3ccc(-c4ccc(N5CCCc6ccccc65)c5ccccc45)cc3)ccc2-c2ccc(/C=C/c3ccc(N4CCCc5ccccc54)cc3)cc21. The van der Waals surface area contributed by atoms with E-state index in [0.29, 0.717) is 0 Å². The van der Waals surface area contributed by atoms with Gasteiger partial charge in [-0.15, -0.1) is 0 Å². The van der Waals surface area contributed by atoms with Gasteiger partial charge in [0.1, 0.15) is 0 Å². The number of nitrogens with zero attached hydrogens (tertiary/aromatic N) is 2. The Morgan fingerprint density at radius 2 is 0.905 bits per heavy atom. The van der Waals surface area contributed by atoms with Crippen molar-refractivity contribution in [3.05, 3.63) is 214 Å². The molecule has 0 aromatic heterocycles. The Labute approximate surface area is 373 Å². The molecule has 2 heterocycles. The van der Waals surface area contributed by atoms with Gasteiger partial charge in [0.05, 0.1) is 0 Å². The summed E-state index contributed by atoms with van der Waals surface area (Å²) in [6.07, 6.45) is 15.9. The lowest BCUT2D eigenvalue weighted by Gasteiger charge is -2.32. The van der Waals surface area contributed by atoms with Crippen molar-refractivity contribution in [3.8, 4) is 22.3 Å². The molecule has 0 radical (unpaired) electrons. The van der Waals surface area contributed by atoms with Gasteiger partial charge in [0.15, 0.2) is 0 Å². The summed E-state index contributed by atoms with van der Waals surface area (Å²) in [4.78, 5) is 4.99. The first-order valence-corrected chi connectivity index (χ1v) is 23.2. The third-order valence-corrected chi connectivity index (χ3v) is 14.4. The van der Waals surface area contributed by atoms with Crippen LogP contribution in [0.4, 0.5) is 22.7 Å². The Hall–Kier alpha value is -6.90. The van der Waals surface area contributed by atoms with E-state index in [0.717, 1.165) is 38.8 Å². The highest BCUT2D eigenvalue weighted by molar-refractivity contribution is 6.05. The van der Waals surface area contributed by atoms with E-state index in [1.165, 1.54) is 113 Å². The van der Waals surface area contributed by atoms with Crippen molar-refractivity contribution >= 4 is 57.8 Å². The van der Waals surface area contributed by atoms with Crippen molar-refractivity contribution in [1.29, 1.82) is 0 Å². The molecule has 11 rings (SSSR count). The van der Waals surface area contributed by atoms with Crippen LogP contribution >= 0.6 is 0 Å². The first-order valence-electron chi connectivity index (χ1n) is 23.2. The Kier molecular flexibility index (Phi) is 10.2. The van der Waals surface area contributed by atoms with Gasteiger partial charge in [0, 0.05) is 46.6 Å². The summed E-state index contributed by atoms with van der Waals surface area (Å²) in [7, 11) is 0. The molecule has 0 amide bonds. The van der Waals surface area contributed by atoms with Crippen molar-refractivity contribution in [2.45, 2.75) is 57.8 Å². The third-order valence-electron chi connectivity index (χ3n) is 14.4. The highest BCUT2D eigenvalue weighted by Gasteiger charge is 2.40. The van der Waals surface area contributed by atoms with E-state index in [9.17, 15) is 0 Å². The smallest absolute Gasteiger partial charge is 0.0490 e. The first kappa shape index (κ1) is 39.0. The molecular weight excluding hydrogens is 761 g/mol. The van der Waals surface area contributed by atoms with Crippen LogP contribution in [0.1, 0.15) is 84.0 Å². The van der Waals surface area contributed by atoms with Crippen LogP contribution in [0.2, 0.25) is 0 Å². The lowest BCUT2D eigenvalue weighted by Crippen LogP contribution is -2.24. The van der Waals surface area contributed by atoms with Gasteiger partial charge < -0.3 is 9.80 Å². The highest BCUT2D eigenvalue weighted by Crippen LogP contribution is 2.53. The summed E-state index contributed by atoms with van der Waals surface area (Å²) in [5.74, 6) is 0. The fourth-order valence-corrected chi connectivity index (χ4v) is 11.0. The molecule has 0 fully saturated rings. The van der Waals surface area contributed by atoms with Crippen molar-refractivity contribution in [3.63, 3.8) is 0 Å². The van der Waals surface area contributed by atoms with Gasteiger partial charge in [0.2, 0.25) is 0 Å². The molecule has 0 spiro atoms. The van der Waals surface area contributed by atoms with Gasteiger partial charge in [-0.05, 0) is 141 Å². The molecule has 1 aliphatic carbocycles. The maximum absolute atomic E-state index is 2.52. The van der Waals surface area contributed by atoms with Gasteiger partial charge in [-0.1, -0.05) is 178 Å². The lowest BCUT2D eigenvalue weighted by molar-refractivity contribution is 0.490. The zero-order valence-corrected chi connectivity index (χ0v) is 36.5. The van der Waals surface area contributed by atoms with E-state index >= 15 is 0 Å². The fourth-order valence-electron chi connectivity index (χ4n) is 11.0. The molecular formula is C61H54N2. The molecule has 2 heteroatoms. The lowest BCUT2D eigenvalue weighted by atomic mass is 9.73. The summed E-state index contributed by atoms with van der Waals surface area (Å²) in [6.45, 7) is 6.83. The minimum absolute atomic E-state index is 0.0118. The number of para-hydroxylation sites is 2. The van der Waals surface area contributed by atoms with Crippen LogP contribution in [0.5, 0.6) is 0 Å². The average molecular weight is 815 g/mol. The number of hydrogen-bond acceptors (Lipinski definition) is 2. The van der Waals surface area contributed by atoms with E-state index in [1.807, 2.05) is 0 Å². The van der Waals surface area contributed by atoms with Crippen LogP contribution in [0.25, 0.3) is 57.3 Å². The molecule has 3 aliphatic rings. The van der Waals surface area contributed by atoms with Crippen molar-refractivity contribution in [2.75, 3.05) is 22.9 Å². The molecule has 308 valence electrons. The van der Waals surface area contributed by atoms with Crippen molar-refractivity contribution < 1.29 is 0 Å². The van der Waals surface area contributed by atoms with Crippen molar-refractivity contribution in [1.82, 2.24) is 0 Å². The molecule has 0 saturated heterocycles. The van der Waals surface area contributed by atoms with Crippen LogP contribution in [0, 0.1) is 0 Å². The van der Waals surface area contributed by atoms with E-state index in [4.69, 9.17) is 0 Å². The molecule has 0 saturated carbocycles. The number of hydrogen-bond donors (Lipinski definition) is 0. The van der Waals surface area contributed by atoms with Gasteiger partial charge in [-0.2, -0.15) is 0 Å². The molecule has 0 N–H and O–H groups in total. The Balaban J connectivity index is 0.817. The normalized spacial score (nSPS) is 15.1. The van der Waals surface area contributed by atoms with Crippen molar-refractivity contribution in [2.24, 2.45) is 0 Å². The zero-order valence-electron chi connectivity index (χ0n) is 36.5. The van der Waals surface area contributed by atoms with E-state index in [-0.39, 0.29) is 5.41 Å². The zero-order chi connectivity index (χ0) is 42.3. The predicted molar refractivity (Wildman–Crippen MR) is 270 cm³/mol. The monoisotopic (exact) mass is 814 g/mol. The Bertz CT molecular complexity index is 3040. The minimum atomic E-state index is -0.0118. The van der Waals surface area contributed by atoms with E-state index in [1.54, 1.807) is 0 Å². The van der Waals surface area contributed by atoms with Gasteiger partial charge in [-0.25, -0.2) is 0 Å². The third kappa shape index (κ3) is 6.99. The highest BCUT2D eigenvalue weighted by atomic mass is 15.1. The number of fused-ring (bicyclic) bond motifs is 6. The number of aryl methyl sites for hydroxylation is 2. The van der Waals surface area contributed by atoms with Gasteiger partial charge >= 0.3 is 0 Å². The summed E-state index contributed by atoms with van der Waals surface area (Å²) in [5.41, 5.74) is 21.2. The maximum Gasteiger partial charge on any atom is 0.0490 e. The van der Waals surface area contributed by atoms with Crippen LogP contribution in [0.15, 0.2) is 170 Å². The second kappa shape index (κ2) is 16.4. The van der Waals surface area contributed by atoms with Crippen LogP contribution < -0.4 is 9.80 Å². The molecule has 0 bridgehead atoms. The summed E-state index contributed by atoms with van der Waals surface area (Å²) < 4.78 is 0. The molecule has 0 unspecified atom stereocenters. The van der Waals surface area contributed by atoms with Crippen LogP contribution in [-0.2, 0) is 18.3 Å². The second-order valence-corrected chi connectivity index (χ2v) is 17.7. The van der Waals surface area contributed by atoms with E-state index in [2.05, 4.69) is 218 Å². The quantitative estimate of drug-likeness (QED) is 0.134. The van der Waals surface area contributed by atoms with Crippen LogP contribution in [-0.4, -0.2) is 13.1 Å². The molecule has 2 aliphatic heterocycles. The standard InChI is InChI=1S/C61H54N2/c1-3-61(4-2)56-41-45(23-21-43-25-31-47(32-26-43)51-37-38-60(55-18-8-7-17-52(51)55)63-40-12-16-49-14-6-10-20-59(49)63)29-35-53(56)54-36-30-46(42-57(54)61)24-22-44-27-33-50(34-28-44)62-39-11-15-48-13-5-9-19-58(48)62/h5-10,13-14,17-38,41-42H,3-4,11-12,15-16,39-40H2,1-2H3/b23-21+,24-22+. The summed E-state index contributed by atoms with van der Waals surface area (Å²) in [6, 6.07) is 63.7. The maximum atomic E-state index is 2.52. The topological polar surface area (TPSA) is 6.48 Å². The second-order valence-electron chi connectivity index (χ2n) is 17.7. The summed E-state index contributed by atoms with van der Waals surface area (Å²) >= 11 is 0. The van der Waals surface area contributed by atoms with Crippen LogP contribution in [0.3, 0.4) is 0 Å². The summed E-state index contributed by atoms with van der Waals surface area (Å²) in [5, 5.41) is 2.60. The molecule has 2 nitrogen and oxygen atoms in total. The minimum Gasteiger partial charge on any atom is -0.341 e. The Morgan fingerprint density at radius 1 is 0.429 bits per heavy atom. The largest absolute Gasteiger partial charge is 0.341 e. The number of anilines is 4. The fraction of sp³-hybridized carbons (Fsp3) is 0.180. The average Bonchev–Trinajstić information content (AvgIpc) is 3.63. The van der Waals surface area contributed by atoms with Gasteiger partial charge in [0.25, 0.3) is 0 Å². The predicted octanol–water partition coefficient (Wildman–Crippen LogP) is 16.1. The Morgan fingerprint density at radius 3 is 1.51 bits per heavy atom. The number of rotatable bonds is 9. The first-order chi connectivity index (χ1) is 31.1. The van der Waals surface area contributed by atoms with E-state index < -0.39 is 0 Å². The number of benzene rings is 8.